The van der Waals surface area contributed by atoms with Gasteiger partial charge in [0.15, 0.2) is 12.2 Å². The van der Waals surface area contributed by atoms with Crippen LogP contribution in [0.5, 0.6) is 0 Å². The summed E-state index contributed by atoms with van der Waals surface area (Å²) in [7, 11) is 0. The van der Waals surface area contributed by atoms with E-state index in [0.29, 0.717) is 6.04 Å². The summed E-state index contributed by atoms with van der Waals surface area (Å²) in [4.78, 5) is 0. The van der Waals surface area contributed by atoms with E-state index in [1.54, 1.807) is 6.08 Å². The quantitative estimate of drug-likeness (QED) is 0.306. The lowest BCUT2D eigenvalue weighted by Crippen LogP contribution is -2.11. The standard InChI is InChI=1S/C8H14N/c1-5-6-7-9(4)8(2)3/h5-8H,1,4H2,2-3H3/q+1. The van der Waals surface area contributed by atoms with Crippen molar-refractivity contribution in [2.24, 2.45) is 0 Å². The minimum atomic E-state index is 0.459. The fourth-order valence-corrected chi connectivity index (χ4v) is 0.344. The van der Waals surface area contributed by atoms with Gasteiger partial charge in [0.1, 0.15) is 6.72 Å². The Balaban J connectivity index is 3.76. The minimum absolute atomic E-state index is 0.459. The Bertz CT molecular complexity index is 132. The molecule has 0 heterocycles. The molecule has 0 spiro atoms. The molecule has 0 N–H and O–H groups in total. The number of nitrogens with zero attached hydrogens (tertiary/aromatic N) is 1. The fourth-order valence-electron chi connectivity index (χ4n) is 0.344. The van der Waals surface area contributed by atoms with Crippen molar-refractivity contribution in [3.63, 3.8) is 0 Å². The highest BCUT2D eigenvalue weighted by atomic mass is 15.0. The first kappa shape index (κ1) is 8.15. The molecule has 0 saturated carbocycles. The summed E-state index contributed by atoms with van der Waals surface area (Å²) in [6, 6.07) is 0.459. The molecule has 0 rings (SSSR count). The molecule has 0 aromatic heterocycles. The number of allylic oxidation sites excluding steroid dienone is 2. The molecular weight excluding hydrogens is 110 g/mol. The van der Waals surface area contributed by atoms with E-state index in [4.69, 9.17) is 0 Å². The zero-order chi connectivity index (χ0) is 7.28. The summed E-state index contributed by atoms with van der Waals surface area (Å²) >= 11 is 0. The van der Waals surface area contributed by atoms with Gasteiger partial charge in [-0.1, -0.05) is 12.7 Å². The molecule has 0 fully saturated rings. The van der Waals surface area contributed by atoms with Gasteiger partial charge >= 0.3 is 0 Å². The van der Waals surface area contributed by atoms with Crippen molar-refractivity contribution < 1.29 is 4.58 Å². The van der Waals surface area contributed by atoms with Gasteiger partial charge in [0.05, 0.1) is 0 Å². The topological polar surface area (TPSA) is 3.01 Å². The third-order valence-corrected chi connectivity index (χ3v) is 1.08. The summed E-state index contributed by atoms with van der Waals surface area (Å²) in [6.45, 7) is 11.5. The Morgan fingerprint density at radius 3 is 2.33 bits per heavy atom. The predicted octanol–water partition coefficient (Wildman–Crippen LogP) is 1.81. The molecule has 0 aromatic carbocycles. The molecular formula is C8H14N+. The minimum Gasteiger partial charge on any atom is -0.210 e. The van der Waals surface area contributed by atoms with E-state index in [2.05, 4.69) is 27.1 Å². The zero-order valence-electron chi connectivity index (χ0n) is 6.17. The highest BCUT2D eigenvalue weighted by Gasteiger charge is 1.98. The average molecular weight is 124 g/mol. The second-order valence-electron chi connectivity index (χ2n) is 2.19. The molecule has 0 atom stereocenters. The van der Waals surface area contributed by atoms with Crippen molar-refractivity contribution in [3.8, 4) is 0 Å². The summed E-state index contributed by atoms with van der Waals surface area (Å²) in [6.07, 6.45) is 5.51. The van der Waals surface area contributed by atoms with Gasteiger partial charge in [-0.2, -0.15) is 0 Å². The number of hydrogen-bond donors (Lipinski definition) is 0. The van der Waals surface area contributed by atoms with Crippen LogP contribution >= 0.6 is 0 Å². The highest BCUT2D eigenvalue weighted by Crippen LogP contribution is 1.86. The molecule has 0 amide bonds. The second-order valence-corrected chi connectivity index (χ2v) is 2.19. The molecule has 50 valence electrons. The largest absolute Gasteiger partial charge is 0.210 e. The summed E-state index contributed by atoms with van der Waals surface area (Å²) in [5.74, 6) is 0. The molecule has 0 saturated heterocycles. The van der Waals surface area contributed by atoms with Crippen LogP contribution in [0.2, 0.25) is 0 Å². The third kappa shape index (κ3) is 3.71. The predicted molar refractivity (Wildman–Crippen MR) is 41.9 cm³/mol. The fraction of sp³-hybridized carbons (Fsp3) is 0.375. The Morgan fingerprint density at radius 2 is 2.00 bits per heavy atom. The third-order valence-electron chi connectivity index (χ3n) is 1.08. The van der Waals surface area contributed by atoms with Gasteiger partial charge in [-0.15, -0.1) is 0 Å². The first-order valence-corrected chi connectivity index (χ1v) is 3.06. The molecule has 0 bridgehead atoms. The van der Waals surface area contributed by atoms with Crippen molar-refractivity contribution in [3.05, 3.63) is 24.9 Å². The molecule has 0 aliphatic rings. The Hall–Kier alpha value is -0.850. The second kappa shape index (κ2) is 4.07. The van der Waals surface area contributed by atoms with Crippen LogP contribution in [0.25, 0.3) is 0 Å². The monoisotopic (exact) mass is 124 g/mol. The highest BCUT2D eigenvalue weighted by molar-refractivity contribution is 5.16. The first-order valence-electron chi connectivity index (χ1n) is 3.06. The maximum atomic E-state index is 3.77. The summed E-state index contributed by atoms with van der Waals surface area (Å²) in [5.41, 5.74) is 0. The van der Waals surface area contributed by atoms with Crippen molar-refractivity contribution in [1.82, 2.24) is 0 Å². The van der Waals surface area contributed by atoms with Gasteiger partial charge < -0.3 is 0 Å². The molecule has 1 heteroatoms. The molecule has 0 aromatic rings. The lowest BCUT2D eigenvalue weighted by molar-refractivity contribution is -0.482. The van der Waals surface area contributed by atoms with Gasteiger partial charge in [0.25, 0.3) is 0 Å². The van der Waals surface area contributed by atoms with Crippen molar-refractivity contribution >= 4 is 6.72 Å². The summed E-state index contributed by atoms with van der Waals surface area (Å²) in [5, 5.41) is 0. The molecule has 0 radical (unpaired) electrons. The van der Waals surface area contributed by atoms with E-state index >= 15 is 0 Å². The van der Waals surface area contributed by atoms with Crippen LogP contribution in [0.4, 0.5) is 0 Å². The lowest BCUT2D eigenvalue weighted by atomic mass is 10.4. The molecule has 0 aliphatic carbocycles. The molecule has 0 aliphatic heterocycles. The number of hydrogen-bond acceptors (Lipinski definition) is 0. The van der Waals surface area contributed by atoms with Crippen molar-refractivity contribution in [2.75, 3.05) is 0 Å². The van der Waals surface area contributed by atoms with Crippen molar-refractivity contribution in [2.45, 2.75) is 19.9 Å². The van der Waals surface area contributed by atoms with Gasteiger partial charge in [-0.25, -0.2) is 4.58 Å². The maximum Gasteiger partial charge on any atom is 0.168 e. The SMILES string of the molecule is C=CC=C[N+](=C)C(C)C. The maximum absolute atomic E-state index is 3.77. The molecule has 1 nitrogen and oxygen atoms in total. The first-order chi connectivity index (χ1) is 4.18. The van der Waals surface area contributed by atoms with Crippen molar-refractivity contribution in [1.29, 1.82) is 0 Å². The lowest BCUT2D eigenvalue weighted by Gasteiger charge is -1.95. The molecule has 9 heavy (non-hydrogen) atoms. The van der Waals surface area contributed by atoms with Gasteiger partial charge in [-0.3, -0.25) is 0 Å². The van der Waals surface area contributed by atoms with Crippen LogP contribution in [-0.2, 0) is 0 Å². The number of rotatable bonds is 3. The van der Waals surface area contributed by atoms with Crippen LogP contribution in [0, 0.1) is 0 Å². The van der Waals surface area contributed by atoms with Gasteiger partial charge in [-0.05, 0) is 13.8 Å². The molecule has 0 unspecified atom stereocenters. The van der Waals surface area contributed by atoms with Crippen LogP contribution in [0.3, 0.4) is 0 Å². The van der Waals surface area contributed by atoms with Crippen LogP contribution < -0.4 is 0 Å². The van der Waals surface area contributed by atoms with Gasteiger partial charge in [0, 0.05) is 6.08 Å². The Kier molecular flexibility index (Phi) is 3.69. The normalized spacial score (nSPS) is 10.6. The van der Waals surface area contributed by atoms with E-state index in [-0.39, 0.29) is 0 Å². The van der Waals surface area contributed by atoms with E-state index in [1.807, 2.05) is 16.9 Å². The van der Waals surface area contributed by atoms with Crippen LogP contribution in [0.1, 0.15) is 13.8 Å². The van der Waals surface area contributed by atoms with E-state index in [1.165, 1.54) is 0 Å². The van der Waals surface area contributed by atoms with Gasteiger partial charge in [0.2, 0.25) is 0 Å². The Morgan fingerprint density at radius 1 is 1.44 bits per heavy atom. The Labute approximate surface area is 57.0 Å². The van der Waals surface area contributed by atoms with Crippen LogP contribution in [-0.4, -0.2) is 17.3 Å². The van der Waals surface area contributed by atoms with E-state index in [9.17, 15) is 0 Å². The van der Waals surface area contributed by atoms with E-state index < -0.39 is 0 Å². The summed E-state index contributed by atoms with van der Waals surface area (Å²) < 4.78 is 1.88. The smallest absolute Gasteiger partial charge is 0.168 e. The van der Waals surface area contributed by atoms with E-state index in [0.717, 1.165) is 0 Å². The average Bonchev–Trinajstić information content (AvgIpc) is 1.82. The van der Waals surface area contributed by atoms with Crippen LogP contribution in [0.15, 0.2) is 24.9 Å². The zero-order valence-corrected chi connectivity index (χ0v) is 6.17.